The summed E-state index contributed by atoms with van der Waals surface area (Å²) in [7, 11) is 2.02. The van der Waals surface area contributed by atoms with E-state index in [1.807, 2.05) is 7.05 Å². The maximum Gasteiger partial charge on any atom is 0.334 e. The van der Waals surface area contributed by atoms with Gasteiger partial charge in [-0.25, -0.2) is 4.79 Å². The van der Waals surface area contributed by atoms with Gasteiger partial charge in [0, 0.05) is 12.6 Å². The number of piperidine rings is 1. The molecule has 0 aromatic heterocycles. The Bertz CT molecular complexity index is 321. The third kappa shape index (κ3) is 2.76. The second-order valence-electron chi connectivity index (χ2n) is 4.74. The Morgan fingerprint density at radius 2 is 2.24 bits per heavy atom. The number of carboxylic acid groups (broad SMARTS) is 1. The van der Waals surface area contributed by atoms with Crippen molar-refractivity contribution in [2.24, 2.45) is 0 Å². The molecule has 1 N–H and O–H groups in total. The molecule has 0 aromatic rings. The number of amides is 1. The highest BCUT2D eigenvalue weighted by Gasteiger charge is 2.35. The Morgan fingerprint density at radius 3 is 2.88 bits per heavy atom. The predicted molar refractivity (Wildman–Crippen MR) is 59.6 cm³/mol. The van der Waals surface area contributed by atoms with Crippen molar-refractivity contribution in [1.82, 2.24) is 9.80 Å². The number of carbonyl (C=O) groups excluding carboxylic acids is 1. The topological polar surface area (TPSA) is 70.1 Å². The molecule has 0 aliphatic carbocycles. The van der Waals surface area contributed by atoms with Gasteiger partial charge < -0.3 is 19.6 Å². The third-order valence-electron chi connectivity index (χ3n) is 3.41. The molecule has 6 nitrogen and oxygen atoms in total. The van der Waals surface area contributed by atoms with Crippen LogP contribution in [-0.2, 0) is 14.3 Å². The van der Waals surface area contributed by atoms with Crippen LogP contribution in [-0.4, -0.2) is 72.2 Å². The molecule has 0 saturated carbocycles. The number of carbonyl (C=O) groups is 2. The number of likely N-dealkylation sites (N-methyl/N-ethyl adjacent to an activating group) is 1. The number of rotatable bonds is 2. The Hall–Kier alpha value is -1.14. The highest BCUT2D eigenvalue weighted by Crippen LogP contribution is 2.18. The van der Waals surface area contributed by atoms with E-state index in [0.29, 0.717) is 0 Å². The van der Waals surface area contributed by atoms with Crippen LogP contribution in [0.4, 0.5) is 0 Å². The molecule has 0 radical (unpaired) electrons. The third-order valence-corrected chi connectivity index (χ3v) is 3.41. The molecule has 96 valence electrons. The summed E-state index contributed by atoms with van der Waals surface area (Å²) >= 11 is 0. The summed E-state index contributed by atoms with van der Waals surface area (Å²) in [5, 5.41) is 8.92. The fourth-order valence-electron chi connectivity index (χ4n) is 2.48. The van der Waals surface area contributed by atoms with E-state index >= 15 is 0 Å². The molecule has 2 fully saturated rings. The highest BCUT2D eigenvalue weighted by atomic mass is 16.5. The van der Waals surface area contributed by atoms with E-state index in [1.165, 1.54) is 0 Å². The van der Waals surface area contributed by atoms with Gasteiger partial charge in [0.2, 0.25) is 5.91 Å². The molecule has 2 rings (SSSR count). The molecule has 0 aromatic carbocycles. The summed E-state index contributed by atoms with van der Waals surface area (Å²) in [6.07, 6.45) is 1.12. The molecule has 2 aliphatic rings. The number of likely N-dealkylation sites (tertiary alicyclic amines) is 1. The molecule has 2 atom stereocenters. The van der Waals surface area contributed by atoms with Gasteiger partial charge >= 0.3 is 5.97 Å². The number of morpholine rings is 1. The van der Waals surface area contributed by atoms with Crippen molar-refractivity contribution in [3.05, 3.63) is 0 Å². The van der Waals surface area contributed by atoms with Gasteiger partial charge in [0.15, 0.2) is 6.10 Å². The molecule has 0 spiro atoms. The lowest BCUT2D eigenvalue weighted by atomic mass is 10.0. The van der Waals surface area contributed by atoms with Crippen LogP contribution in [0.1, 0.15) is 12.8 Å². The minimum atomic E-state index is -0.994. The fourth-order valence-corrected chi connectivity index (χ4v) is 2.48. The summed E-state index contributed by atoms with van der Waals surface area (Å²) in [6.45, 7) is 1.92. The van der Waals surface area contributed by atoms with Gasteiger partial charge in [-0.15, -0.1) is 0 Å². The van der Waals surface area contributed by atoms with Gasteiger partial charge in [0.25, 0.3) is 0 Å². The standard InChI is InChI=1S/C11H18N2O4/c1-12-4-2-3-8(5-12)13-6-9(11(15)16)17-7-10(13)14/h8-9H,2-7H2,1H3,(H,15,16). The summed E-state index contributed by atoms with van der Waals surface area (Å²) < 4.78 is 5.00. The van der Waals surface area contributed by atoms with Crippen molar-refractivity contribution < 1.29 is 19.4 Å². The molecule has 2 aliphatic heterocycles. The van der Waals surface area contributed by atoms with Gasteiger partial charge in [-0.2, -0.15) is 0 Å². The Labute approximate surface area is 100 Å². The lowest BCUT2D eigenvalue weighted by Gasteiger charge is -2.41. The summed E-state index contributed by atoms with van der Waals surface area (Å²) in [5.74, 6) is -1.09. The van der Waals surface area contributed by atoms with Crippen LogP contribution >= 0.6 is 0 Å². The first kappa shape index (κ1) is 12.3. The molecule has 0 bridgehead atoms. The number of ether oxygens (including phenoxy) is 1. The van der Waals surface area contributed by atoms with Crippen molar-refractivity contribution in [1.29, 1.82) is 0 Å². The molecular weight excluding hydrogens is 224 g/mol. The number of hydrogen-bond donors (Lipinski definition) is 1. The predicted octanol–water partition coefficient (Wildman–Crippen LogP) is -0.607. The second kappa shape index (κ2) is 5.01. The number of carboxylic acids is 1. The summed E-state index contributed by atoms with van der Waals surface area (Å²) in [6, 6.07) is 0.131. The Kier molecular flexibility index (Phi) is 3.63. The Morgan fingerprint density at radius 1 is 1.47 bits per heavy atom. The van der Waals surface area contributed by atoms with Crippen LogP contribution in [0, 0.1) is 0 Å². The largest absolute Gasteiger partial charge is 0.479 e. The summed E-state index contributed by atoms with van der Waals surface area (Å²) in [5.41, 5.74) is 0. The molecule has 2 heterocycles. The minimum absolute atomic E-state index is 0.0946. The first-order valence-corrected chi connectivity index (χ1v) is 5.90. The van der Waals surface area contributed by atoms with E-state index in [0.717, 1.165) is 25.9 Å². The van der Waals surface area contributed by atoms with Crippen molar-refractivity contribution in [3.8, 4) is 0 Å². The Balaban J connectivity index is 2.01. The van der Waals surface area contributed by atoms with Gasteiger partial charge in [0.05, 0.1) is 6.54 Å². The van der Waals surface area contributed by atoms with E-state index in [1.54, 1.807) is 4.90 Å². The maximum absolute atomic E-state index is 11.8. The first-order valence-electron chi connectivity index (χ1n) is 5.90. The van der Waals surface area contributed by atoms with Crippen molar-refractivity contribution in [2.75, 3.05) is 33.3 Å². The van der Waals surface area contributed by atoms with E-state index in [-0.39, 0.29) is 25.1 Å². The monoisotopic (exact) mass is 242 g/mol. The fraction of sp³-hybridized carbons (Fsp3) is 0.818. The van der Waals surface area contributed by atoms with Gasteiger partial charge in [-0.1, -0.05) is 0 Å². The lowest BCUT2D eigenvalue weighted by molar-refractivity contribution is -0.167. The molecule has 17 heavy (non-hydrogen) atoms. The average molecular weight is 242 g/mol. The van der Waals surface area contributed by atoms with Crippen LogP contribution in [0.5, 0.6) is 0 Å². The quantitative estimate of drug-likeness (QED) is 0.699. The SMILES string of the molecule is CN1CCCC(N2CC(C(=O)O)OCC2=O)C1. The first-order chi connectivity index (χ1) is 8.08. The molecule has 1 amide bonds. The van der Waals surface area contributed by atoms with Crippen LogP contribution in [0.3, 0.4) is 0 Å². The number of hydrogen-bond acceptors (Lipinski definition) is 4. The minimum Gasteiger partial charge on any atom is -0.479 e. The lowest BCUT2D eigenvalue weighted by Crippen LogP contribution is -2.57. The average Bonchev–Trinajstić information content (AvgIpc) is 2.29. The van der Waals surface area contributed by atoms with Crippen LogP contribution < -0.4 is 0 Å². The van der Waals surface area contributed by atoms with Crippen LogP contribution in [0.25, 0.3) is 0 Å². The van der Waals surface area contributed by atoms with Crippen molar-refractivity contribution >= 4 is 11.9 Å². The second-order valence-corrected chi connectivity index (χ2v) is 4.74. The molecule has 6 heteroatoms. The van der Waals surface area contributed by atoms with E-state index < -0.39 is 12.1 Å². The number of nitrogens with zero attached hydrogens (tertiary/aromatic N) is 2. The van der Waals surface area contributed by atoms with Crippen molar-refractivity contribution in [3.63, 3.8) is 0 Å². The molecule has 2 saturated heterocycles. The molecule has 2 unspecified atom stereocenters. The van der Waals surface area contributed by atoms with Gasteiger partial charge in [-0.05, 0) is 26.4 Å². The van der Waals surface area contributed by atoms with E-state index in [4.69, 9.17) is 9.84 Å². The molecular formula is C11H18N2O4. The van der Waals surface area contributed by atoms with Crippen LogP contribution in [0.15, 0.2) is 0 Å². The summed E-state index contributed by atoms with van der Waals surface area (Å²) in [4.78, 5) is 26.5. The van der Waals surface area contributed by atoms with Gasteiger partial charge in [0.1, 0.15) is 6.61 Å². The normalized spacial score (nSPS) is 31.6. The maximum atomic E-state index is 11.8. The van der Waals surface area contributed by atoms with Gasteiger partial charge in [-0.3, -0.25) is 4.79 Å². The zero-order valence-corrected chi connectivity index (χ0v) is 9.96. The number of aliphatic carboxylic acids is 1. The zero-order valence-electron chi connectivity index (χ0n) is 9.96. The smallest absolute Gasteiger partial charge is 0.334 e. The highest BCUT2D eigenvalue weighted by molar-refractivity contribution is 5.81. The van der Waals surface area contributed by atoms with E-state index in [9.17, 15) is 9.59 Å². The van der Waals surface area contributed by atoms with E-state index in [2.05, 4.69) is 4.90 Å². The zero-order chi connectivity index (χ0) is 12.4. The van der Waals surface area contributed by atoms with Crippen molar-refractivity contribution in [2.45, 2.75) is 25.0 Å². The van der Waals surface area contributed by atoms with Crippen LogP contribution in [0.2, 0.25) is 0 Å².